The number of carbonyl (C=O) groups excluding carboxylic acids is 4. The molecular weight excluding hydrogens is 496 g/mol. The Labute approximate surface area is 231 Å². The van der Waals surface area contributed by atoms with Crippen LogP contribution in [0.15, 0.2) is 23.5 Å². The van der Waals surface area contributed by atoms with Crippen molar-refractivity contribution in [2.75, 3.05) is 0 Å². The first-order valence-electron chi connectivity index (χ1n) is 14.4. The number of ether oxygens (including phenoxy) is 2. The molecule has 1 N–H and O–H groups in total. The third-order valence-corrected chi connectivity index (χ3v) is 11.9. The summed E-state index contributed by atoms with van der Waals surface area (Å²) in [6.07, 6.45) is 4.81. The summed E-state index contributed by atoms with van der Waals surface area (Å²) >= 11 is 0. The van der Waals surface area contributed by atoms with Gasteiger partial charge in [-0.3, -0.25) is 19.2 Å². The van der Waals surface area contributed by atoms with Crippen molar-refractivity contribution in [2.24, 2.45) is 45.3 Å². The Morgan fingerprint density at radius 1 is 1.10 bits per heavy atom. The van der Waals surface area contributed by atoms with Crippen LogP contribution in [0.5, 0.6) is 0 Å². The van der Waals surface area contributed by atoms with E-state index in [0.717, 1.165) is 5.57 Å². The molecule has 0 aromatic heterocycles. The summed E-state index contributed by atoms with van der Waals surface area (Å²) in [4.78, 5) is 53.1. The first-order valence-corrected chi connectivity index (χ1v) is 14.4. The van der Waals surface area contributed by atoms with E-state index >= 15 is 0 Å². The van der Waals surface area contributed by atoms with Crippen LogP contribution in [-0.4, -0.2) is 46.2 Å². The molecule has 0 radical (unpaired) electrons. The van der Waals surface area contributed by atoms with Gasteiger partial charge in [-0.05, 0) is 63.4 Å². The summed E-state index contributed by atoms with van der Waals surface area (Å²) in [5, 5.41) is 10.8. The summed E-state index contributed by atoms with van der Waals surface area (Å²) in [6.45, 7) is 16.8. The van der Waals surface area contributed by atoms with Crippen molar-refractivity contribution in [1.82, 2.24) is 0 Å². The second-order valence-corrected chi connectivity index (χ2v) is 14.7. The third kappa shape index (κ3) is 3.67. The minimum atomic E-state index is -1.16. The molecular formula is C32H44O7. The zero-order valence-corrected chi connectivity index (χ0v) is 24.8. The van der Waals surface area contributed by atoms with E-state index < -0.39 is 33.9 Å². The number of rotatable bonds is 2. The van der Waals surface area contributed by atoms with E-state index in [4.69, 9.17) is 9.47 Å². The number of allylic oxidation sites excluding steroid dienone is 4. The predicted molar refractivity (Wildman–Crippen MR) is 144 cm³/mol. The first kappa shape index (κ1) is 28.4. The minimum absolute atomic E-state index is 0.0231. The molecule has 4 aliphatic carbocycles. The fraction of sp³-hybridized carbons (Fsp3) is 0.750. The molecule has 1 aliphatic heterocycles. The van der Waals surface area contributed by atoms with Gasteiger partial charge in [0.2, 0.25) is 5.78 Å². The van der Waals surface area contributed by atoms with E-state index in [9.17, 15) is 24.3 Å². The van der Waals surface area contributed by atoms with Crippen LogP contribution in [-0.2, 0) is 28.7 Å². The summed E-state index contributed by atoms with van der Waals surface area (Å²) in [6, 6.07) is 0. The lowest BCUT2D eigenvalue weighted by Crippen LogP contribution is -2.62. The molecule has 1 saturated heterocycles. The molecule has 7 heteroatoms. The quantitative estimate of drug-likeness (QED) is 0.398. The Kier molecular flexibility index (Phi) is 6.15. The predicted octanol–water partition coefficient (Wildman–Crippen LogP) is 4.75. The molecule has 0 aromatic rings. The molecule has 0 amide bonds. The Morgan fingerprint density at radius 2 is 1.74 bits per heavy atom. The monoisotopic (exact) mass is 540 g/mol. The maximum Gasteiger partial charge on any atom is 0.308 e. The molecule has 9 unspecified atom stereocenters. The average Bonchev–Trinajstić information content (AvgIpc) is 2.93. The molecule has 2 saturated carbocycles. The molecule has 0 spiro atoms. The Hall–Kier alpha value is -2.12. The standard InChI is InChI=1S/C32H44O7/c1-16-20(34)13-25(29(5,6)37)39-22-14-30(7)23-11-10-18-19(12-21(38-17(2)33)27(36)28(18,3)4)32(23,9)24(35)15-31(30,8)26(16)22/h10,12,16,19,22-23,25-26,37H,11,13-15H2,1-9H3. The van der Waals surface area contributed by atoms with Gasteiger partial charge < -0.3 is 14.6 Å². The molecule has 5 rings (SSSR count). The lowest BCUT2D eigenvalue weighted by Gasteiger charge is -2.63. The largest absolute Gasteiger partial charge is 0.423 e. The maximum absolute atomic E-state index is 14.5. The maximum atomic E-state index is 14.5. The van der Waals surface area contributed by atoms with Gasteiger partial charge >= 0.3 is 5.97 Å². The van der Waals surface area contributed by atoms with Crippen molar-refractivity contribution in [3.63, 3.8) is 0 Å². The Bertz CT molecular complexity index is 1220. The second-order valence-electron chi connectivity index (χ2n) is 14.7. The van der Waals surface area contributed by atoms with E-state index in [2.05, 4.69) is 19.9 Å². The smallest absolute Gasteiger partial charge is 0.308 e. The van der Waals surface area contributed by atoms with Crippen molar-refractivity contribution in [3.8, 4) is 0 Å². The van der Waals surface area contributed by atoms with Crippen molar-refractivity contribution < 1.29 is 33.8 Å². The topological polar surface area (TPSA) is 107 Å². The van der Waals surface area contributed by atoms with E-state index in [-0.39, 0.29) is 64.7 Å². The molecule has 39 heavy (non-hydrogen) atoms. The Balaban J connectivity index is 1.63. The number of aliphatic hydroxyl groups is 1. The van der Waals surface area contributed by atoms with Crippen LogP contribution in [0.3, 0.4) is 0 Å². The van der Waals surface area contributed by atoms with Crippen LogP contribution in [0.2, 0.25) is 0 Å². The fourth-order valence-electron chi connectivity index (χ4n) is 9.46. The molecule has 0 bridgehead atoms. The molecule has 214 valence electrons. The molecule has 3 fully saturated rings. The Morgan fingerprint density at radius 3 is 2.33 bits per heavy atom. The van der Waals surface area contributed by atoms with Gasteiger partial charge in [-0.2, -0.15) is 0 Å². The number of esters is 1. The zero-order chi connectivity index (χ0) is 29.1. The van der Waals surface area contributed by atoms with Crippen LogP contribution >= 0.6 is 0 Å². The van der Waals surface area contributed by atoms with Crippen molar-refractivity contribution >= 4 is 23.3 Å². The van der Waals surface area contributed by atoms with Crippen molar-refractivity contribution in [1.29, 1.82) is 0 Å². The lowest BCUT2D eigenvalue weighted by atomic mass is 9.39. The zero-order valence-electron chi connectivity index (χ0n) is 24.8. The van der Waals surface area contributed by atoms with Gasteiger partial charge in [0, 0.05) is 42.9 Å². The van der Waals surface area contributed by atoms with Crippen LogP contribution in [0.4, 0.5) is 0 Å². The van der Waals surface area contributed by atoms with E-state index in [1.807, 2.05) is 27.7 Å². The normalized spacial score (nSPS) is 45.2. The first-order chi connectivity index (χ1) is 17.8. The summed E-state index contributed by atoms with van der Waals surface area (Å²) in [5.74, 6) is -1.45. The van der Waals surface area contributed by atoms with Gasteiger partial charge in [0.25, 0.3) is 0 Å². The molecule has 0 aromatic carbocycles. The van der Waals surface area contributed by atoms with Crippen LogP contribution in [0.25, 0.3) is 0 Å². The van der Waals surface area contributed by atoms with Gasteiger partial charge in [-0.25, -0.2) is 0 Å². The van der Waals surface area contributed by atoms with Gasteiger partial charge in [-0.1, -0.05) is 39.3 Å². The third-order valence-electron chi connectivity index (χ3n) is 11.9. The van der Waals surface area contributed by atoms with E-state index in [1.54, 1.807) is 19.9 Å². The highest BCUT2D eigenvalue weighted by Gasteiger charge is 2.73. The molecule has 5 aliphatic rings. The van der Waals surface area contributed by atoms with E-state index in [1.165, 1.54) is 6.92 Å². The van der Waals surface area contributed by atoms with Crippen LogP contribution in [0.1, 0.15) is 88.0 Å². The highest BCUT2D eigenvalue weighted by atomic mass is 16.5. The number of ketones is 3. The number of Topliss-reactive ketones (excluding diaryl/α,β-unsaturated/α-hetero) is 3. The SMILES string of the molecule is CC(=O)OC1=CC2C(=CCC3C2(C)C(=O)CC2(C)C4C(CC32C)OC(C(C)(C)O)CC(=O)C4C)C(C)(C)C1=O. The van der Waals surface area contributed by atoms with Crippen LogP contribution < -0.4 is 0 Å². The summed E-state index contributed by atoms with van der Waals surface area (Å²) < 4.78 is 12.0. The van der Waals surface area contributed by atoms with Crippen LogP contribution in [0, 0.1) is 45.3 Å². The van der Waals surface area contributed by atoms with Gasteiger partial charge in [0.05, 0.1) is 23.2 Å². The number of hydrogen-bond donors (Lipinski definition) is 1. The lowest BCUT2D eigenvalue weighted by molar-refractivity contribution is -0.168. The minimum Gasteiger partial charge on any atom is -0.423 e. The summed E-state index contributed by atoms with van der Waals surface area (Å²) in [7, 11) is 0. The summed E-state index contributed by atoms with van der Waals surface area (Å²) in [5.41, 5.74) is -2.78. The van der Waals surface area contributed by atoms with Gasteiger partial charge in [-0.15, -0.1) is 0 Å². The fourth-order valence-corrected chi connectivity index (χ4v) is 9.46. The van der Waals surface area contributed by atoms with Crippen molar-refractivity contribution in [3.05, 3.63) is 23.5 Å². The number of hydrogen-bond acceptors (Lipinski definition) is 7. The molecule has 1 heterocycles. The molecule has 7 nitrogen and oxygen atoms in total. The van der Waals surface area contributed by atoms with Gasteiger partial charge in [0.1, 0.15) is 11.6 Å². The number of fused-ring (bicyclic) bond motifs is 7. The average molecular weight is 541 g/mol. The second kappa shape index (κ2) is 8.45. The highest BCUT2D eigenvalue weighted by molar-refractivity contribution is 6.03. The van der Waals surface area contributed by atoms with Gasteiger partial charge in [0.15, 0.2) is 5.76 Å². The van der Waals surface area contributed by atoms with E-state index in [0.29, 0.717) is 19.3 Å². The molecule has 9 atom stereocenters. The number of carbonyl (C=O) groups is 4. The van der Waals surface area contributed by atoms with Crippen molar-refractivity contribution in [2.45, 2.75) is 106 Å². The highest BCUT2D eigenvalue weighted by Crippen LogP contribution is 2.74.